The van der Waals surface area contributed by atoms with Crippen LogP contribution in [0.2, 0.25) is 0 Å². The van der Waals surface area contributed by atoms with Crippen molar-refractivity contribution in [1.82, 2.24) is 14.9 Å². The second-order valence-corrected chi connectivity index (χ2v) is 6.60. The van der Waals surface area contributed by atoms with Crippen LogP contribution in [0.25, 0.3) is 0 Å². The third-order valence-electron chi connectivity index (χ3n) is 5.15. The van der Waals surface area contributed by atoms with E-state index in [0.717, 1.165) is 37.9 Å². The molecule has 0 spiro atoms. The molecule has 2 aliphatic rings. The van der Waals surface area contributed by atoms with Crippen molar-refractivity contribution >= 4 is 5.91 Å². The fourth-order valence-corrected chi connectivity index (χ4v) is 3.88. The number of aromatic nitrogens is 2. The zero-order valence-electron chi connectivity index (χ0n) is 13.0. The highest BCUT2D eigenvalue weighted by atomic mass is 16.5. The van der Waals surface area contributed by atoms with Crippen LogP contribution in [-0.4, -0.2) is 46.6 Å². The quantitative estimate of drug-likeness (QED) is 0.837. The van der Waals surface area contributed by atoms with Gasteiger partial charge in [0.15, 0.2) is 0 Å². The zero-order valence-corrected chi connectivity index (χ0v) is 13.0. The maximum atomic E-state index is 12.7. The first-order valence-electron chi connectivity index (χ1n) is 7.66. The number of hydrogen-bond acceptors (Lipinski definition) is 4. The fourth-order valence-electron chi connectivity index (χ4n) is 3.88. The molecular formula is C16H23N3O2. The number of carbonyl (C=O) groups is 1. The normalized spacial score (nSPS) is 32.0. The Morgan fingerprint density at radius 1 is 1.38 bits per heavy atom. The molecule has 1 aromatic rings. The van der Waals surface area contributed by atoms with Crippen molar-refractivity contribution in [1.29, 1.82) is 0 Å². The molecule has 5 nitrogen and oxygen atoms in total. The summed E-state index contributed by atoms with van der Waals surface area (Å²) in [5, 5.41) is 0. The highest BCUT2D eigenvalue weighted by Crippen LogP contribution is 2.47. The molecule has 1 aliphatic carbocycles. The summed E-state index contributed by atoms with van der Waals surface area (Å²) in [4.78, 5) is 23.1. The molecular weight excluding hydrogens is 266 g/mol. The fraction of sp³-hybridized carbons (Fsp3) is 0.688. The van der Waals surface area contributed by atoms with E-state index >= 15 is 0 Å². The van der Waals surface area contributed by atoms with Crippen molar-refractivity contribution < 1.29 is 9.53 Å². The molecule has 5 heteroatoms. The van der Waals surface area contributed by atoms with Gasteiger partial charge in [0.25, 0.3) is 5.91 Å². The minimum Gasteiger partial charge on any atom is -0.381 e. The Kier molecular flexibility index (Phi) is 3.69. The van der Waals surface area contributed by atoms with Crippen LogP contribution in [0.5, 0.6) is 0 Å². The lowest BCUT2D eigenvalue weighted by atomic mass is 9.71. The van der Waals surface area contributed by atoms with E-state index < -0.39 is 0 Å². The van der Waals surface area contributed by atoms with Gasteiger partial charge in [-0.25, -0.2) is 4.98 Å². The molecule has 1 amide bonds. The summed E-state index contributed by atoms with van der Waals surface area (Å²) >= 11 is 0. The Balaban J connectivity index is 1.78. The van der Waals surface area contributed by atoms with Crippen LogP contribution in [-0.2, 0) is 4.74 Å². The molecule has 2 fully saturated rings. The average Bonchev–Trinajstić information content (AvgIpc) is 2.83. The van der Waals surface area contributed by atoms with E-state index in [-0.39, 0.29) is 11.3 Å². The monoisotopic (exact) mass is 289 g/mol. The molecule has 3 rings (SSSR count). The number of ether oxygens (including phenoxy) is 1. The highest BCUT2D eigenvalue weighted by molar-refractivity contribution is 5.92. The molecule has 1 aliphatic heterocycles. The van der Waals surface area contributed by atoms with E-state index in [4.69, 9.17) is 4.74 Å². The molecule has 1 aromatic heterocycles. The summed E-state index contributed by atoms with van der Waals surface area (Å²) in [6, 6.07) is 0.305. The van der Waals surface area contributed by atoms with Gasteiger partial charge in [-0.2, -0.15) is 0 Å². The summed E-state index contributed by atoms with van der Waals surface area (Å²) in [7, 11) is 1.79. The van der Waals surface area contributed by atoms with Gasteiger partial charge in [0.1, 0.15) is 5.69 Å². The van der Waals surface area contributed by atoms with Crippen LogP contribution in [0.4, 0.5) is 0 Å². The predicted octanol–water partition coefficient (Wildman–Crippen LogP) is 2.20. The standard InChI is InChI=1S/C16H23N3O2/c1-11-9-18-13(10-17-11)15(20)19-7-6-16(2)8-12(21-3)4-5-14(16)19/h9-10,12,14H,4-8H2,1-3H3/t12-,14-,16+/m1/s1. The molecule has 114 valence electrons. The lowest BCUT2D eigenvalue weighted by Gasteiger charge is -2.42. The molecule has 0 bridgehead atoms. The van der Waals surface area contributed by atoms with Gasteiger partial charge in [0, 0.05) is 25.9 Å². The summed E-state index contributed by atoms with van der Waals surface area (Å²) < 4.78 is 5.53. The van der Waals surface area contributed by atoms with Crippen LogP contribution in [0.3, 0.4) is 0 Å². The van der Waals surface area contributed by atoms with Crippen molar-refractivity contribution in [3.8, 4) is 0 Å². The van der Waals surface area contributed by atoms with Gasteiger partial charge in [-0.05, 0) is 38.0 Å². The van der Waals surface area contributed by atoms with E-state index in [2.05, 4.69) is 16.9 Å². The molecule has 3 atom stereocenters. The first-order valence-corrected chi connectivity index (χ1v) is 7.66. The van der Waals surface area contributed by atoms with Gasteiger partial charge in [-0.3, -0.25) is 9.78 Å². The first-order chi connectivity index (χ1) is 10.0. The van der Waals surface area contributed by atoms with Crippen molar-refractivity contribution in [3.05, 3.63) is 23.8 Å². The third-order valence-corrected chi connectivity index (χ3v) is 5.15. The molecule has 0 N–H and O–H groups in total. The Hall–Kier alpha value is -1.49. The molecule has 21 heavy (non-hydrogen) atoms. The minimum absolute atomic E-state index is 0.0205. The Morgan fingerprint density at radius 3 is 2.86 bits per heavy atom. The number of likely N-dealkylation sites (tertiary alicyclic amines) is 1. The maximum Gasteiger partial charge on any atom is 0.274 e. The number of methoxy groups -OCH3 is 1. The van der Waals surface area contributed by atoms with Crippen molar-refractivity contribution in [2.24, 2.45) is 5.41 Å². The van der Waals surface area contributed by atoms with Gasteiger partial charge in [0.2, 0.25) is 0 Å². The number of aryl methyl sites for hydroxylation is 1. The van der Waals surface area contributed by atoms with Crippen LogP contribution < -0.4 is 0 Å². The van der Waals surface area contributed by atoms with Gasteiger partial charge < -0.3 is 9.64 Å². The zero-order chi connectivity index (χ0) is 15.0. The molecule has 1 saturated carbocycles. The summed E-state index contributed by atoms with van der Waals surface area (Å²) in [5.74, 6) is 0.0205. The number of carbonyl (C=O) groups excluding carboxylic acids is 1. The summed E-state index contributed by atoms with van der Waals surface area (Å²) in [6.07, 6.45) is 7.71. The number of hydrogen-bond donors (Lipinski definition) is 0. The predicted molar refractivity (Wildman–Crippen MR) is 79.0 cm³/mol. The topological polar surface area (TPSA) is 55.3 Å². The van der Waals surface area contributed by atoms with E-state index in [1.54, 1.807) is 19.5 Å². The van der Waals surface area contributed by atoms with Crippen LogP contribution >= 0.6 is 0 Å². The lowest BCUT2D eigenvalue weighted by molar-refractivity contribution is -0.00288. The number of amides is 1. The first kappa shape index (κ1) is 14.4. The second kappa shape index (κ2) is 5.37. The second-order valence-electron chi connectivity index (χ2n) is 6.60. The number of nitrogens with zero attached hydrogens (tertiary/aromatic N) is 3. The largest absolute Gasteiger partial charge is 0.381 e. The Morgan fingerprint density at radius 2 is 2.19 bits per heavy atom. The molecule has 0 radical (unpaired) electrons. The molecule has 1 saturated heterocycles. The Labute approximate surface area is 125 Å². The maximum absolute atomic E-state index is 12.7. The number of rotatable bonds is 2. The minimum atomic E-state index is 0.0205. The number of fused-ring (bicyclic) bond motifs is 1. The molecule has 2 heterocycles. The van der Waals surface area contributed by atoms with Gasteiger partial charge in [0.05, 0.1) is 18.0 Å². The van der Waals surface area contributed by atoms with Crippen molar-refractivity contribution in [2.75, 3.05) is 13.7 Å². The summed E-state index contributed by atoms with van der Waals surface area (Å²) in [5.41, 5.74) is 1.46. The lowest BCUT2D eigenvalue weighted by Crippen LogP contribution is -2.46. The SMILES string of the molecule is CO[C@@H]1CC[C@H]2N(C(=O)c3cnc(C)cn3)CC[C@@]2(C)C1. The third kappa shape index (κ3) is 2.55. The van der Waals surface area contributed by atoms with Crippen molar-refractivity contribution in [2.45, 2.75) is 51.7 Å². The van der Waals surface area contributed by atoms with Gasteiger partial charge in [-0.15, -0.1) is 0 Å². The highest BCUT2D eigenvalue weighted by Gasteiger charge is 2.49. The van der Waals surface area contributed by atoms with Gasteiger partial charge in [-0.1, -0.05) is 6.92 Å². The van der Waals surface area contributed by atoms with Gasteiger partial charge >= 0.3 is 0 Å². The average molecular weight is 289 g/mol. The van der Waals surface area contributed by atoms with Crippen molar-refractivity contribution in [3.63, 3.8) is 0 Å². The van der Waals surface area contributed by atoms with E-state index in [0.29, 0.717) is 17.8 Å². The van der Waals surface area contributed by atoms with E-state index in [1.807, 2.05) is 11.8 Å². The van der Waals surface area contributed by atoms with Crippen LogP contribution in [0.15, 0.2) is 12.4 Å². The summed E-state index contributed by atoms with van der Waals surface area (Å²) in [6.45, 7) is 4.98. The Bertz CT molecular complexity index is 531. The smallest absolute Gasteiger partial charge is 0.274 e. The molecule has 0 unspecified atom stereocenters. The van der Waals surface area contributed by atoms with E-state index in [1.165, 1.54) is 0 Å². The van der Waals surface area contributed by atoms with Crippen LogP contribution in [0.1, 0.15) is 48.8 Å². The van der Waals surface area contributed by atoms with E-state index in [9.17, 15) is 4.79 Å². The van der Waals surface area contributed by atoms with Crippen LogP contribution in [0, 0.1) is 12.3 Å². The molecule has 0 aromatic carbocycles.